The van der Waals surface area contributed by atoms with Crippen molar-refractivity contribution in [3.05, 3.63) is 35.1 Å². The maximum Gasteiger partial charge on any atom is 0.123 e. The van der Waals surface area contributed by atoms with E-state index in [1.165, 1.54) is 6.07 Å². The summed E-state index contributed by atoms with van der Waals surface area (Å²) in [5.74, 6) is 0.0468. The van der Waals surface area contributed by atoms with Gasteiger partial charge >= 0.3 is 0 Å². The highest BCUT2D eigenvalue weighted by molar-refractivity contribution is 5.41. The van der Waals surface area contributed by atoms with Gasteiger partial charge in [0.2, 0.25) is 0 Å². The molecule has 0 saturated heterocycles. The molecule has 1 aliphatic carbocycles. The zero-order chi connectivity index (χ0) is 15.0. The predicted octanol–water partition coefficient (Wildman–Crippen LogP) is 4.81. The largest absolute Gasteiger partial charge is 0.384 e. The normalized spacial score (nSPS) is 24.1. The van der Waals surface area contributed by atoms with Gasteiger partial charge in [-0.2, -0.15) is 0 Å². The van der Waals surface area contributed by atoms with Gasteiger partial charge in [-0.15, -0.1) is 0 Å². The van der Waals surface area contributed by atoms with E-state index < -0.39 is 5.60 Å². The van der Waals surface area contributed by atoms with Crippen molar-refractivity contribution >= 4 is 0 Å². The van der Waals surface area contributed by atoms with Crippen LogP contribution in [0.4, 0.5) is 4.39 Å². The molecule has 20 heavy (non-hydrogen) atoms. The first-order valence-corrected chi connectivity index (χ1v) is 7.88. The van der Waals surface area contributed by atoms with Crippen molar-refractivity contribution in [2.75, 3.05) is 0 Å². The van der Waals surface area contributed by atoms with Crippen molar-refractivity contribution in [2.24, 2.45) is 11.3 Å². The topological polar surface area (TPSA) is 20.2 Å². The average Bonchev–Trinajstić information content (AvgIpc) is 2.56. The smallest absolute Gasteiger partial charge is 0.123 e. The van der Waals surface area contributed by atoms with Gasteiger partial charge in [-0.1, -0.05) is 46.6 Å². The van der Waals surface area contributed by atoms with E-state index in [2.05, 4.69) is 27.7 Å². The molecule has 0 aliphatic heterocycles. The van der Waals surface area contributed by atoms with Crippen LogP contribution in [-0.2, 0) is 12.0 Å². The number of hydrogen-bond acceptors (Lipinski definition) is 1. The van der Waals surface area contributed by atoms with Crippen molar-refractivity contribution in [2.45, 2.75) is 65.4 Å². The minimum Gasteiger partial charge on any atom is -0.384 e. The molecule has 0 aromatic heterocycles. The van der Waals surface area contributed by atoms with Crippen LogP contribution in [0.3, 0.4) is 0 Å². The van der Waals surface area contributed by atoms with Gasteiger partial charge in [-0.3, -0.25) is 0 Å². The lowest BCUT2D eigenvalue weighted by atomic mass is 9.65. The quantitative estimate of drug-likeness (QED) is 0.819. The van der Waals surface area contributed by atoms with Crippen LogP contribution in [-0.4, -0.2) is 5.11 Å². The lowest BCUT2D eigenvalue weighted by Gasteiger charge is -2.44. The molecule has 0 radical (unpaired) electrons. The Bertz CT molecular complexity index is 474. The zero-order valence-corrected chi connectivity index (χ0v) is 13.2. The van der Waals surface area contributed by atoms with Crippen molar-refractivity contribution in [3.63, 3.8) is 0 Å². The van der Waals surface area contributed by atoms with E-state index in [-0.39, 0.29) is 17.2 Å². The van der Waals surface area contributed by atoms with Crippen molar-refractivity contribution in [3.8, 4) is 0 Å². The summed E-state index contributed by atoms with van der Waals surface area (Å²) in [5.41, 5.74) is 0.866. The van der Waals surface area contributed by atoms with Gasteiger partial charge in [0.15, 0.2) is 0 Å². The lowest BCUT2D eigenvalue weighted by molar-refractivity contribution is -0.113. The van der Waals surface area contributed by atoms with Crippen LogP contribution >= 0.6 is 0 Å². The van der Waals surface area contributed by atoms with E-state index in [4.69, 9.17) is 0 Å². The molecule has 0 amide bonds. The molecule has 112 valence electrons. The van der Waals surface area contributed by atoms with Crippen molar-refractivity contribution in [1.82, 2.24) is 0 Å². The van der Waals surface area contributed by atoms with Crippen LogP contribution in [0.15, 0.2) is 18.2 Å². The summed E-state index contributed by atoms with van der Waals surface area (Å²) < 4.78 is 13.5. The highest BCUT2D eigenvalue weighted by Gasteiger charge is 2.54. The third-order valence-corrected chi connectivity index (χ3v) is 5.01. The Morgan fingerprint density at radius 2 is 1.80 bits per heavy atom. The second-order valence-electron chi connectivity index (χ2n) is 6.90. The fourth-order valence-corrected chi connectivity index (χ4v) is 4.09. The molecule has 1 aliphatic rings. The summed E-state index contributed by atoms with van der Waals surface area (Å²) in [7, 11) is 0. The molecule has 1 aromatic rings. The molecule has 1 nitrogen and oxygen atoms in total. The molecule has 2 heteroatoms. The van der Waals surface area contributed by atoms with Gasteiger partial charge in [0, 0.05) is 5.41 Å². The molecule has 1 unspecified atom stereocenters. The van der Waals surface area contributed by atoms with Gasteiger partial charge in [0.05, 0.1) is 5.60 Å². The van der Waals surface area contributed by atoms with E-state index in [1.807, 2.05) is 0 Å². The summed E-state index contributed by atoms with van der Waals surface area (Å²) in [6, 6.07) is 4.89. The lowest BCUT2D eigenvalue weighted by Crippen LogP contribution is -2.45. The van der Waals surface area contributed by atoms with E-state index in [1.54, 1.807) is 12.1 Å². The monoisotopic (exact) mass is 278 g/mol. The molecule has 2 rings (SSSR count). The maximum absolute atomic E-state index is 13.5. The van der Waals surface area contributed by atoms with Gasteiger partial charge < -0.3 is 5.11 Å². The SMILES string of the molecule is CCCC(CCC)C1(O)c2ccc(F)cc2CC1(C)C. The molecule has 1 aromatic carbocycles. The van der Waals surface area contributed by atoms with Crippen molar-refractivity contribution in [1.29, 1.82) is 0 Å². The van der Waals surface area contributed by atoms with Gasteiger partial charge in [-0.05, 0) is 48.4 Å². The molecule has 1 atom stereocenters. The van der Waals surface area contributed by atoms with E-state index in [0.717, 1.165) is 43.2 Å². The second kappa shape index (κ2) is 5.48. The minimum atomic E-state index is -0.831. The summed E-state index contributed by atoms with van der Waals surface area (Å²) in [6.45, 7) is 8.56. The maximum atomic E-state index is 13.5. The fraction of sp³-hybridized carbons (Fsp3) is 0.667. The number of halogens is 1. The van der Waals surface area contributed by atoms with Gasteiger partial charge in [0.25, 0.3) is 0 Å². The molecule has 0 fully saturated rings. The first kappa shape index (κ1) is 15.5. The summed E-state index contributed by atoms with van der Waals surface area (Å²) >= 11 is 0. The summed E-state index contributed by atoms with van der Waals surface area (Å²) in [5, 5.41) is 11.6. The number of aliphatic hydroxyl groups is 1. The average molecular weight is 278 g/mol. The standard InChI is InChI=1S/C18H27FO/c1-5-7-14(8-6-2)18(20)16-10-9-15(19)11-13(16)12-17(18,3)4/h9-11,14,20H,5-8,12H2,1-4H3. The molecule has 1 N–H and O–H groups in total. The highest BCUT2D eigenvalue weighted by Crippen LogP contribution is 2.55. The summed E-state index contributed by atoms with van der Waals surface area (Å²) in [4.78, 5) is 0. The first-order chi connectivity index (χ1) is 9.36. The third kappa shape index (κ3) is 2.28. The Morgan fingerprint density at radius 3 is 2.35 bits per heavy atom. The van der Waals surface area contributed by atoms with Crippen LogP contribution in [0.5, 0.6) is 0 Å². The van der Waals surface area contributed by atoms with Crippen molar-refractivity contribution < 1.29 is 9.50 Å². The molecule has 0 heterocycles. The van der Waals surface area contributed by atoms with Gasteiger partial charge in [0.1, 0.15) is 5.82 Å². The number of fused-ring (bicyclic) bond motifs is 1. The first-order valence-electron chi connectivity index (χ1n) is 7.88. The second-order valence-corrected chi connectivity index (χ2v) is 6.90. The Balaban J connectivity index is 2.51. The number of rotatable bonds is 5. The molecular weight excluding hydrogens is 251 g/mol. The Kier molecular flexibility index (Phi) is 4.24. The van der Waals surface area contributed by atoms with Crippen LogP contribution < -0.4 is 0 Å². The predicted molar refractivity (Wildman–Crippen MR) is 81.1 cm³/mol. The van der Waals surface area contributed by atoms with Crippen LogP contribution in [0.2, 0.25) is 0 Å². The molecular formula is C18H27FO. The fourth-order valence-electron chi connectivity index (χ4n) is 4.09. The Morgan fingerprint density at radius 1 is 1.20 bits per heavy atom. The van der Waals surface area contributed by atoms with Crippen LogP contribution in [0, 0.1) is 17.2 Å². The minimum absolute atomic E-state index is 0.202. The Labute approximate surface area is 122 Å². The Hall–Kier alpha value is -0.890. The molecule has 0 saturated carbocycles. The van der Waals surface area contributed by atoms with Crippen LogP contribution in [0.1, 0.15) is 64.5 Å². The number of benzene rings is 1. The van der Waals surface area contributed by atoms with Gasteiger partial charge in [-0.25, -0.2) is 4.39 Å². The van der Waals surface area contributed by atoms with E-state index in [0.29, 0.717) is 0 Å². The summed E-state index contributed by atoms with van der Waals surface area (Å²) in [6.07, 6.45) is 4.93. The third-order valence-electron chi connectivity index (χ3n) is 5.01. The highest BCUT2D eigenvalue weighted by atomic mass is 19.1. The van der Waals surface area contributed by atoms with E-state index >= 15 is 0 Å². The molecule has 0 spiro atoms. The zero-order valence-electron chi connectivity index (χ0n) is 13.2. The molecule has 0 bridgehead atoms. The van der Waals surface area contributed by atoms with Crippen LogP contribution in [0.25, 0.3) is 0 Å². The van der Waals surface area contributed by atoms with E-state index in [9.17, 15) is 9.50 Å². The number of hydrogen-bond donors (Lipinski definition) is 1.